The molecular formula is C37H47ClN3O8-. The Morgan fingerprint density at radius 2 is 1.61 bits per heavy atom. The van der Waals surface area contributed by atoms with Gasteiger partial charge in [0.2, 0.25) is 5.75 Å². The average molecular weight is 697 g/mol. The van der Waals surface area contributed by atoms with Crippen LogP contribution in [0.15, 0.2) is 60.7 Å². The highest BCUT2D eigenvalue weighted by molar-refractivity contribution is 5.89. The van der Waals surface area contributed by atoms with Gasteiger partial charge < -0.3 is 58.0 Å². The number of halogens is 1. The Kier molecular flexibility index (Phi) is 14.2. The lowest BCUT2D eigenvalue weighted by Crippen LogP contribution is -3.00. The van der Waals surface area contributed by atoms with E-state index in [9.17, 15) is 14.7 Å². The molecule has 266 valence electrons. The molecule has 1 aliphatic carbocycles. The molecule has 1 amide bonds. The summed E-state index contributed by atoms with van der Waals surface area (Å²) >= 11 is 0. The Labute approximate surface area is 294 Å². The molecule has 0 saturated heterocycles. The molecule has 0 radical (unpaired) electrons. The van der Waals surface area contributed by atoms with Crippen LogP contribution < -0.4 is 48.1 Å². The Balaban J connectivity index is 0.00000650. The number of fused-ring (bicyclic) bond motifs is 1. The molecule has 1 aliphatic rings. The fraction of sp³-hybridized carbons (Fsp3) is 0.405. The molecule has 3 aromatic carbocycles. The smallest absolute Gasteiger partial charge is 0.329 e. The van der Waals surface area contributed by atoms with Gasteiger partial charge in [0.1, 0.15) is 24.0 Å². The van der Waals surface area contributed by atoms with Crippen molar-refractivity contribution in [3.63, 3.8) is 0 Å². The van der Waals surface area contributed by atoms with Gasteiger partial charge in [-0.15, -0.1) is 0 Å². The van der Waals surface area contributed by atoms with E-state index < -0.39 is 36.2 Å². The van der Waals surface area contributed by atoms with Crippen LogP contribution in [-0.4, -0.2) is 69.7 Å². The fourth-order valence-electron chi connectivity index (χ4n) is 5.96. The maximum Gasteiger partial charge on any atom is 0.329 e. The molecule has 11 nitrogen and oxygen atoms in total. The molecule has 0 aromatic heterocycles. The number of hydrogen-bond acceptors (Lipinski definition) is 10. The number of rotatable bonds is 14. The van der Waals surface area contributed by atoms with Crippen molar-refractivity contribution in [2.75, 3.05) is 34.2 Å². The predicted octanol–water partition coefficient (Wildman–Crippen LogP) is 1.06. The summed E-state index contributed by atoms with van der Waals surface area (Å²) in [5.41, 5.74) is 17.0. The minimum atomic E-state index is -1.52. The first kappa shape index (κ1) is 39.0. The average Bonchev–Trinajstić information content (AvgIpc) is 3.25. The van der Waals surface area contributed by atoms with E-state index in [4.69, 9.17) is 35.2 Å². The summed E-state index contributed by atoms with van der Waals surface area (Å²) in [5.74, 6) is 0.642. The van der Waals surface area contributed by atoms with Crippen molar-refractivity contribution >= 4 is 23.1 Å². The number of aliphatic hydroxyl groups excluding tert-OH is 1. The van der Waals surface area contributed by atoms with Crippen LogP contribution in [0.2, 0.25) is 0 Å². The highest BCUT2D eigenvalue weighted by Crippen LogP contribution is 2.47. The third kappa shape index (κ3) is 9.38. The monoisotopic (exact) mass is 696 g/mol. The SMILES string of the molecule is COc1ccc(C2=C[C@H](OC(=O)C(CC(C)C)NC(=O)C(O)C(N)Cc3ccccc3)CCc3c2cc(OC)c(OC)c3OC)cc1N.[Cl-]. The number of amides is 1. The number of ether oxygens (including phenoxy) is 5. The molecule has 0 saturated carbocycles. The normalized spacial score (nSPS) is 15.7. The van der Waals surface area contributed by atoms with Gasteiger partial charge >= 0.3 is 5.97 Å². The van der Waals surface area contributed by atoms with E-state index in [1.807, 2.05) is 62.4 Å². The van der Waals surface area contributed by atoms with Crippen molar-refractivity contribution in [3.05, 3.63) is 82.9 Å². The lowest BCUT2D eigenvalue weighted by Gasteiger charge is -2.25. The van der Waals surface area contributed by atoms with Crippen LogP contribution in [0, 0.1) is 5.92 Å². The molecule has 4 atom stereocenters. The highest BCUT2D eigenvalue weighted by Gasteiger charge is 2.32. The van der Waals surface area contributed by atoms with Gasteiger partial charge in [0, 0.05) is 11.6 Å². The van der Waals surface area contributed by atoms with Crippen LogP contribution in [0.25, 0.3) is 5.57 Å². The van der Waals surface area contributed by atoms with Crippen LogP contribution in [0.4, 0.5) is 5.69 Å². The van der Waals surface area contributed by atoms with Gasteiger partial charge in [-0.2, -0.15) is 0 Å². The Bertz CT molecular complexity index is 1610. The summed E-state index contributed by atoms with van der Waals surface area (Å²) in [5, 5.41) is 13.5. The number of nitrogens with one attached hydrogen (secondary N) is 1. The molecular weight excluding hydrogens is 650 g/mol. The molecule has 0 heterocycles. The number of methoxy groups -OCH3 is 4. The lowest BCUT2D eigenvalue weighted by molar-refractivity contribution is -0.152. The second-order valence-electron chi connectivity index (χ2n) is 12.2. The van der Waals surface area contributed by atoms with E-state index in [0.29, 0.717) is 54.4 Å². The number of benzene rings is 3. The molecule has 0 fully saturated rings. The molecule has 12 heteroatoms. The van der Waals surface area contributed by atoms with Crippen molar-refractivity contribution in [2.24, 2.45) is 11.7 Å². The predicted molar refractivity (Wildman–Crippen MR) is 184 cm³/mol. The van der Waals surface area contributed by atoms with E-state index in [1.54, 1.807) is 40.6 Å². The van der Waals surface area contributed by atoms with Crippen molar-refractivity contribution in [3.8, 4) is 23.0 Å². The van der Waals surface area contributed by atoms with Crippen LogP contribution in [0.5, 0.6) is 23.0 Å². The minimum absolute atomic E-state index is 0. The number of carbonyl (C=O) groups is 2. The van der Waals surface area contributed by atoms with Crippen molar-refractivity contribution < 1.29 is 50.8 Å². The topological polar surface area (TPSA) is 165 Å². The van der Waals surface area contributed by atoms with Crippen LogP contribution in [-0.2, 0) is 27.2 Å². The Morgan fingerprint density at radius 3 is 2.20 bits per heavy atom. The minimum Gasteiger partial charge on any atom is -1.00 e. The van der Waals surface area contributed by atoms with Crippen molar-refractivity contribution in [1.29, 1.82) is 0 Å². The molecule has 3 unspecified atom stereocenters. The molecule has 49 heavy (non-hydrogen) atoms. The van der Waals surface area contributed by atoms with Gasteiger partial charge in [0.15, 0.2) is 11.5 Å². The Morgan fingerprint density at radius 1 is 0.939 bits per heavy atom. The molecule has 0 aliphatic heterocycles. The third-order valence-electron chi connectivity index (χ3n) is 8.36. The second kappa shape index (κ2) is 17.8. The first-order chi connectivity index (χ1) is 23.0. The number of anilines is 1. The van der Waals surface area contributed by atoms with Gasteiger partial charge in [-0.25, -0.2) is 4.79 Å². The van der Waals surface area contributed by atoms with Gasteiger partial charge in [-0.3, -0.25) is 4.79 Å². The van der Waals surface area contributed by atoms with E-state index in [-0.39, 0.29) is 18.3 Å². The van der Waals surface area contributed by atoms with E-state index in [1.165, 1.54) is 0 Å². The van der Waals surface area contributed by atoms with E-state index in [0.717, 1.165) is 27.8 Å². The number of esters is 1. The van der Waals surface area contributed by atoms with Crippen LogP contribution >= 0.6 is 0 Å². The zero-order chi connectivity index (χ0) is 35.0. The fourth-order valence-corrected chi connectivity index (χ4v) is 5.96. The molecule has 3 aromatic rings. The third-order valence-corrected chi connectivity index (χ3v) is 8.36. The molecule has 0 spiro atoms. The van der Waals surface area contributed by atoms with Gasteiger partial charge in [-0.05, 0) is 78.1 Å². The zero-order valence-electron chi connectivity index (χ0n) is 28.8. The summed E-state index contributed by atoms with van der Waals surface area (Å²) in [6, 6.07) is 14.8. The standard InChI is InChI=1S/C37H47N3O8.ClH/c1-21(2)16-30(40-36(42)33(41)29(39)17-22-10-8-7-9-11-22)37(43)48-24-13-14-25-27(20-32(45-4)35(47-6)34(25)46-5)26(19-24)23-12-15-31(44-3)28(38)18-23;/h7-12,15,18-21,24,29-30,33,41H,13-14,16-17,38-39H2,1-6H3,(H,40,42);1H/p-1/t24-,29?,30?,33?;/m1./s1. The second-order valence-corrected chi connectivity index (χ2v) is 12.2. The molecule has 6 N–H and O–H groups in total. The quantitative estimate of drug-likeness (QED) is 0.142. The number of nitrogen functional groups attached to an aromatic ring is 1. The number of carbonyl (C=O) groups excluding carboxylic acids is 2. The summed E-state index contributed by atoms with van der Waals surface area (Å²) < 4.78 is 28.6. The molecule has 0 bridgehead atoms. The largest absolute Gasteiger partial charge is 1.00 e. The van der Waals surface area contributed by atoms with Crippen LogP contribution in [0.1, 0.15) is 48.9 Å². The zero-order valence-corrected chi connectivity index (χ0v) is 29.6. The number of hydrogen-bond donors (Lipinski definition) is 4. The summed E-state index contributed by atoms with van der Waals surface area (Å²) in [4.78, 5) is 26.9. The number of nitrogens with two attached hydrogens (primary N) is 2. The Hall–Kier alpha value is -4.45. The first-order valence-corrected chi connectivity index (χ1v) is 16.0. The summed E-state index contributed by atoms with van der Waals surface area (Å²) in [6.07, 6.45) is 1.12. The summed E-state index contributed by atoms with van der Waals surface area (Å²) in [6.45, 7) is 3.87. The number of aliphatic hydroxyl groups is 1. The summed E-state index contributed by atoms with van der Waals surface area (Å²) in [7, 11) is 6.21. The van der Waals surface area contributed by atoms with E-state index in [2.05, 4.69) is 5.32 Å². The van der Waals surface area contributed by atoms with E-state index >= 15 is 0 Å². The van der Waals surface area contributed by atoms with Gasteiger partial charge in [-0.1, -0.05) is 50.2 Å². The first-order valence-electron chi connectivity index (χ1n) is 16.0. The maximum absolute atomic E-state index is 13.8. The van der Waals surface area contributed by atoms with Crippen LogP contribution in [0.3, 0.4) is 0 Å². The van der Waals surface area contributed by atoms with Crippen molar-refractivity contribution in [1.82, 2.24) is 5.32 Å². The maximum atomic E-state index is 13.8. The van der Waals surface area contributed by atoms with Gasteiger partial charge in [0.05, 0.1) is 34.1 Å². The molecule has 4 rings (SSSR count). The highest BCUT2D eigenvalue weighted by atomic mass is 35.5. The lowest BCUT2D eigenvalue weighted by atomic mass is 9.92. The van der Waals surface area contributed by atoms with Gasteiger partial charge in [0.25, 0.3) is 5.91 Å². The van der Waals surface area contributed by atoms with Crippen molar-refractivity contribution in [2.45, 2.75) is 63.8 Å².